The number of anilines is 1. The number of Topliss-reactive ketones (excluding diaryl/α,β-unsaturated/α-hetero) is 1. The summed E-state index contributed by atoms with van der Waals surface area (Å²) >= 11 is 0. The van der Waals surface area contributed by atoms with Crippen LogP contribution in [0.25, 0.3) is 0 Å². The molecule has 23 heavy (non-hydrogen) atoms. The van der Waals surface area contributed by atoms with Crippen LogP contribution < -0.4 is 4.90 Å². The first-order valence-electron chi connectivity index (χ1n) is 8.05. The summed E-state index contributed by atoms with van der Waals surface area (Å²) < 4.78 is 14.0. The highest BCUT2D eigenvalue weighted by molar-refractivity contribution is 6.00. The molecule has 1 saturated heterocycles. The van der Waals surface area contributed by atoms with E-state index in [-0.39, 0.29) is 17.3 Å². The Labute approximate surface area is 137 Å². The molecule has 126 valence electrons. The average molecular weight is 320 g/mol. The van der Waals surface area contributed by atoms with E-state index in [4.69, 9.17) is 0 Å². The fourth-order valence-corrected chi connectivity index (χ4v) is 2.96. The van der Waals surface area contributed by atoms with E-state index in [0.29, 0.717) is 31.9 Å². The van der Waals surface area contributed by atoms with E-state index in [1.807, 2.05) is 30.6 Å². The summed E-state index contributed by atoms with van der Waals surface area (Å²) in [5, 5.41) is 0. The Kier molecular flexibility index (Phi) is 5.07. The monoisotopic (exact) mass is 320 g/mol. The molecule has 0 unspecified atom stereocenters. The van der Waals surface area contributed by atoms with Crippen LogP contribution in [0.15, 0.2) is 18.2 Å². The maximum Gasteiger partial charge on any atom is 0.228 e. The summed E-state index contributed by atoms with van der Waals surface area (Å²) in [5.74, 6) is -0.628. The summed E-state index contributed by atoms with van der Waals surface area (Å²) in [6.07, 6.45) is 0.801. The summed E-state index contributed by atoms with van der Waals surface area (Å²) in [5.41, 5.74) is 0.365. The van der Waals surface area contributed by atoms with Crippen molar-refractivity contribution in [2.75, 3.05) is 31.1 Å². The molecular formula is C18H25FN2O2. The minimum atomic E-state index is -0.484. The van der Waals surface area contributed by atoms with Crippen LogP contribution in [0.2, 0.25) is 0 Å². The molecular weight excluding hydrogens is 295 g/mol. The Hall–Kier alpha value is -1.91. The zero-order valence-electron chi connectivity index (χ0n) is 14.4. The van der Waals surface area contributed by atoms with Gasteiger partial charge >= 0.3 is 0 Å². The molecule has 1 aliphatic rings. The van der Waals surface area contributed by atoms with Gasteiger partial charge in [-0.2, -0.15) is 0 Å². The second-order valence-electron chi connectivity index (χ2n) is 7.07. The van der Waals surface area contributed by atoms with Crippen molar-refractivity contribution < 1.29 is 14.0 Å². The second-order valence-corrected chi connectivity index (χ2v) is 7.07. The molecule has 0 bridgehead atoms. The van der Waals surface area contributed by atoms with Gasteiger partial charge in [-0.3, -0.25) is 9.59 Å². The molecule has 1 amide bonds. The van der Waals surface area contributed by atoms with Crippen LogP contribution in [0.4, 0.5) is 10.1 Å². The first-order valence-corrected chi connectivity index (χ1v) is 8.05. The Morgan fingerprint density at radius 1 is 1.09 bits per heavy atom. The number of amides is 1. The van der Waals surface area contributed by atoms with Gasteiger partial charge in [-0.25, -0.2) is 4.39 Å². The number of carbonyl (C=O) groups excluding carboxylic acids is 2. The number of nitrogens with zero attached hydrogens (tertiary/aromatic N) is 2. The van der Waals surface area contributed by atoms with Crippen LogP contribution in [0.5, 0.6) is 0 Å². The smallest absolute Gasteiger partial charge is 0.228 e. The third-order valence-electron chi connectivity index (χ3n) is 4.11. The standard InChI is InChI=1S/C18H25FN2O2/c1-13(22)16-14(19)7-5-8-15(16)20-9-6-10-21(12-11-20)17(23)18(2,3)4/h5,7-8H,6,9-12H2,1-4H3. The number of hydrogen-bond acceptors (Lipinski definition) is 3. The predicted molar refractivity (Wildman–Crippen MR) is 89.3 cm³/mol. The van der Waals surface area contributed by atoms with Gasteiger partial charge in [0.15, 0.2) is 5.78 Å². The Bertz CT molecular complexity index is 608. The van der Waals surface area contributed by atoms with Gasteiger partial charge in [0.05, 0.1) is 11.3 Å². The van der Waals surface area contributed by atoms with E-state index >= 15 is 0 Å². The second kappa shape index (κ2) is 6.69. The van der Waals surface area contributed by atoms with E-state index in [9.17, 15) is 14.0 Å². The van der Waals surface area contributed by atoms with Crippen LogP contribution >= 0.6 is 0 Å². The number of ketones is 1. The summed E-state index contributed by atoms with van der Waals surface area (Å²) in [4.78, 5) is 28.1. The van der Waals surface area contributed by atoms with Crippen LogP contribution in [-0.4, -0.2) is 42.8 Å². The lowest BCUT2D eigenvalue weighted by atomic mass is 9.94. The molecule has 5 heteroatoms. The topological polar surface area (TPSA) is 40.6 Å². The molecule has 0 atom stereocenters. The number of halogens is 1. The molecule has 0 saturated carbocycles. The number of hydrogen-bond donors (Lipinski definition) is 0. The lowest BCUT2D eigenvalue weighted by molar-refractivity contribution is -0.139. The molecule has 0 radical (unpaired) electrons. The SMILES string of the molecule is CC(=O)c1c(F)cccc1N1CCCN(C(=O)C(C)(C)C)CC1. The fourth-order valence-electron chi connectivity index (χ4n) is 2.96. The van der Waals surface area contributed by atoms with E-state index in [2.05, 4.69) is 0 Å². The molecule has 1 heterocycles. The molecule has 1 aromatic rings. The van der Waals surface area contributed by atoms with Gasteiger partial charge in [0.1, 0.15) is 5.82 Å². The molecule has 1 aromatic carbocycles. The van der Waals surface area contributed by atoms with Gasteiger partial charge in [-0.05, 0) is 25.5 Å². The van der Waals surface area contributed by atoms with Crippen molar-refractivity contribution >= 4 is 17.4 Å². The molecule has 1 fully saturated rings. The number of benzene rings is 1. The van der Waals surface area contributed by atoms with E-state index in [1.165, 1.54) is 13.0 Å². The van der Waals surface area contributed by atoms with Gasteiger partial charge in [-0.15, -0.1) is 0 Å². The summed E-state index contributed by atoms with van der Waals surface area (Å²) in [6, 6.07) is 4.72. The van der Waals surface area contributed by atoms with Crippen molar-refractivity contribution in [3.63, 3.8) is 0 Å². The number of carbonyl (C=O) groups is 2. The molecule has 0 aliphatic carbocycles. The molecule has 1 aliphatic heterocycles. The van der Waals surface area contributed by atoms with E-state index < -0.39 is 11.2 Å². The number of rotatable bonds is 2. The minimum Gasteiger partial charge on any atom is -0.369 e. The minimum absolute atomic E-state index is 0.130. The van der Waals surface area contributed by atoms with Crippen LogP contribution in [-0.2, 0) is 4.79 Å². The quantitative estimate of drug-likeness (QED) is 0.786. The van der Waals surface area contributed by atoms with E-state index in [1.54, 1.807) is 12.1 Å². The molecule has 2 rings (SSSR count). The lowest BCUT2D eigenvalue weighted by Gasteiger charge is -2.29. The van der Waals surface area contributed by atoms with Gasteiger partial charge in [0, 0.05) is 31.6 Å². The summed E-state index contributed by atoms with van der Waals surface area (Å²) in [7, 11) is 0. The van der Waals surface area contributed by atoms with Crippen LogP contribution in [0.1, 0.15) is 44.5 Å². The van der Waals surface area contributed by atoms with Gasteiger partial charge in [0.25, 0.3) is 0 Å². The molecule has 0 spiro atoms. The van der Waals surface area contributed by atoms with Gasteiger partial charge in [0.2, 0.25) is 5.91 Å². The van der Waals surface area contributed by atoms with Crippen molar-refractivity contribution in [2.45, 2.75) is 34.1 Å². The van der Waals surface area contributed by atoms with Gasteiger partial charge < -0.3 is 9.80 Å². The maximum absolute atomic E-state index is 14.0. The zero-order valence-corrected chi connectivity index (χ0v) is 14.4. The first-order chi connectivity index (χ1) is 10.7. The average Bonchev–Trinajstić information content (AvgIpc) is 2.70. The molecule has 4 nitrogen and oxygen atoms in total. The maximum atomic E-state index is 14.0. The predicted octanol–water partition coefficient (Wildman–Crippen LogP) is 3.11. The van der Waals surface area contributed by atoms with Crippen molar-refractivity contribution in [1.29, 1.82) is 0 Å². The Balaban J connectivity index is 2.21. The summed E-state index contributed by atoms with van der Waals surface area (Å²) in [6.45, 7) is 9.72. The third-order valence-corrected chi connectivity index (χ3v) is 4.11. The van der Waals surface area contributed by atoms with Crippen molar-refractivity contribution in [2.24, 2.45) is 5.41 Å². The highest BCUT2D eigenvalue weighted by Gasteiger charge is 2.29. The van der Waals surface area contributed by atoms with E-state index in [0.717, 1.165) is 6.42 Å². The zero-order chi connectivity index (χ0) is 17.2. The molecule has 0 aromatic heterocycles. The van der Waals surface area contributed by atoms with Crippen LogP contribution in [0.3, 0.4) is 0 Å². The Morgan fingerprint density at radius 2 is 1.78 bits per heavy atom. The molecule has 0 N–H and O–H groups in total. The highest BCUT2D eigenvalue weighted by Crippen LogP contribution is 2.26. The first kappa shape index (κ1) is 17.4. The van der Waals surface area contributed by atoms with Gasteiger partial charge in [-0.1, -0.05) is 26.8 Å². The Morgan fingerprint density at radius 3 is 2.39 bits per heavy atom. The van der Waals surface area contributed by atoms with Crippen LogP contribution in [0, 0.1) is 11.2 Å². The van der Waals surface area contributed by atoms with Crippen molar-refractivity contribution in [3.8, 4) is 0 Å². The largest absolute Gasteiger partial charge is 0.369 e. The normalized spacial score (nSPS) is 16.2. The van der Waals surface area contributed by atoms with Crippen molar-refractivity contribution in [3.05, 3.63) is 29.6 Å². The van der Waals surface area contributed by atoms with Crippen molar-refractivity contribution in [1.82, 2.24) is 4.90 Å². The third kappa shape index (κ3) is 3.89. The highest BCUT2D eigenvalue weighted by atomic mass is 19.1. The fraction of sp³-hybridized carbons (Fsp3) is 0.556. The lowest BCUT2D eigenvalue weighted by Crippen LogP contribution is -2.41.